The fourth-order valence-corrected chi connectivity index (χ4v) is 1.32. The summed E-state index contributed by atoms with van der Waals surface area (Å²) < 4.78 is 20.2. The molecule has 19 heteroatoms. The second-order valence-electron chi connectivity index (χ2n) is 1.90. The van der Waals surface area contributed by atoms with Crippen molar-refractivity contribution >= 4 is 179 Å². The molecule has 0 rings (SSSR count). The third-order valence-electron chi connectivity index (χ3n) is 0.636. The van der Waals surface area contributed by atoms with Gasteiger partial charge in [-0.25, -0.2) is 0 Å². The van der Waals surface area contributed by atoms with E-state index in [4.69, 9.17) is 19.6 Å². The van der Waals surface area contributed by atoms with Crippen LogP contribution in [0.15, 0.2) is 0 Å². The summed E-state index contributed by atoms with van der Waals surface area (Å²) in [6.45, 7) is 0. The van der Waals surface area contributed by atoms with Crippen LogP contribution in [0.1, 0.15) is 0 Å². The molecule has 20 radical (unpaired) electrons. The zero-order valence-electron chi connectivity index (χ0n) is 10.7. The van der Waals surface area contributed by atoms with Gasteiger partial charge in [-0.05, 0) is 0 Å². The standard InChI is InChI=1S/C2H9NO6P2.4H2O.6Pb.4H/c4-10(5,6)1-3-2-11(7,8)9;;;;;;;;;;;;;;/h3H,1-2H2,(H2,4,5,6)(H2,7,8,9);4*1H2;;;;;;;;;;. The van der Waals surface area contributed by atoms with E-state index in [0.29, 0.717) is 0 Å². The van der Waals surface area contributed by atoms with Crippen LogP contribution in [-0.2, 0) is 9.13 Å². The molecule has 0 aromatic rings. The Balaban J connectivity index is -0.0000000111. The van der Waals surface area contributed by atoms with E-state index in [-0.39, 0.29) is 186 Å². The molecule has 0 aromatic heterocycles. The van der Waals surface area contributed by atoms with E-state index in [2.05, 4.69) is 0 Å². The van der Waals surface area contributed by atoms with E-state index >= 15 is 0 Å². The van der Waals surface area contributed by atoms with Crippen molar-refractivity contribution in [3.05, 3.63) is 0 Å². The summed E-state index contributed by atoms with van der Waals surface area (Å²) in [5.41, 5.74) is 0. The van der Waals surface area contributed by atoms with Crippen LogP contribution in [-0.4, -0.2) is 218 Å². The van der Waals surface area contributed by atoms with Gasteiger partial charge in [0.05, 0.1) is 12.6 Å². The van der Waals surface area contributed by atoms with Gasteiger partial charge in [-0.2, -0.15) is 0 Å². The van der Waals surface area contributed by atoms with Crippen LogP contribution < -0.4 is 5.32 Å². The molecule has 0 amide bonds. The Morgan fingerprint density at radius 2 is 0.762 bits per heavy atom. The maximum absolute atomic E-state index is 10.1. The van der Waals surface area contributed by atoms with Gasteiger partial charge < -0.3 is 41.5 Å². The molecule has 11 nitrogen and oxygen atoms in total. The van der Waals surface area contributed by atoms with Crippen molar-refractivity contribution in [2.75, 3.05) is 12.6 Å². The quantitative estimate of drug-likeness (QED) is 0.134. The molecule has 0 bridgehead atoms. The van der Waals surface area contributed by atoms with Crippen molar-refractivity contribution < 1.29 is 50.6 Å². The number of nitrogens with one attached hydrogen (secondary N) is 1. The van der Waals surface area contributed by atoms with Crippen molar-refractivity contribution in [2.45, 2.75) is 0 Å². The average molecular weight is 1520 g/mol. The Morgan fingerprint density at radius 3 is 0.857 bits per heavy atom. The Morgan fingerprint density at radius 1 is 0.619 bits per heavy atom. The van der Waals surface area contributed by atoms with Gasteiger partial charge in [0.1, 0.15) is 0 Å². The zero-order chi connectivity index (χ0) is 9.12. The molecule has 128 valence electrons. The second kappa shape index (κ2) is 36.5. The summed E-state index contributed by atoms with van der Waals surface area (Å²) >= 11 is 0. The molecule has 0 aromatic carbocycles. The Labute approximate surface area is 242 Å². The number of hydrogen-bond donors (Lipinski definition) is 5. The van der Waals surface area contributed by atoms with Crippen LogP contribution in [0.5, 0.6) is 0 Å². The van der Waals surface area contributed by atoms with Crippen LogP contribution >= 0.6 is 15.2 Å². The molecule has 0 aliphatic rings. The SMILES string of the molecule is O.O.O.O.O=P(O)(O)CNCP(=O)(O)O.[PbH].[PbH].[PbH].[PbH].[Pb].[Pb]. The second-order valence-corrected chi connectivity index (χ2v) is 5.19. The minimum Gasteiger partial charge on any atom is 0 e. The normalized spacial score (nSPS) is 7.05. The molecule has 0 fully saturated rings. The summed E-state index contributed by atoms with van der Waals surface area (Å²) in [5.74, 6) is 0. The van der Waals surface area contributed by atoms with E-state index in [1.54, 1.807) is 0 Å². The van der Waals surface area contributed by atoms with Crippen molar-refractivity contribution in [1.29, 1.82) is 0 Å². The largest absolute Gasteiger partial charge is 0 e. The van der Waals surface area contributed by atoms with E-state index < -0.39 is 27.8 Å². The van der Waals surface area contributed by atoms with Gasteiger partial charge in [-0.15, -0.1) is 0 Å². The van der Waals surface area contributed by atoms with Crippen molar-refractivity contribution in [2.24, 2.45) is 0 Å². The van der Waals surface area contributed by atoms with Gasteiger partial charge in [0.25, 0.3) is 0 Å². The Kier molecular flexibility index (Phi) is 125. The Bertz CT molecular complexity index is 202. The van der Waals surface area contributed by atoms with Crippen molar-refractivity contribution in [3.8, 4) is 0 Å². The van der Waals surface area contributed by atoms with Crippen molar-refractivity contribution in [1.82, 2.24) is 5.32 Å². The first-order valence-corrected chi connectivity index (χ1v) is 6.10. The van der Waals surface area contributed by atoms with Crippen LogP contribution in [0.4, 0.5) is 0 Å². The predicted molar refractivity (Wildman–Crippen MR) is 91.5 cm³/mol. The molecule has 0 saturated carbocycles. The summed E-state index contributed by atoms with van der Waals surface area (Å²) in [6.07, 6.45) is -1.45. The van der Waals surface area contributed by atoms with E-state index in [1.807, 2.05) is 5.32 Å². The fourth-order valence-electron chi connectivity index (χ4n) is 0.341. The van der Waals surface area contributed by atoms with Crippen molar-refractivity contribution in [3.63, 3.8) is 0 Å². The average Bonchev–Trinajstić information content (AvgIpc) is 1.55. The van der Waals surface area contributed by atoms with E-state index in [0.717, 1.165) is 0 Å². The summed E-state index contributed by atoms with van der Waals surface area (Å²) in [5, 5.41) is 1.94. The maximum Gasteiger partial charge on any atom is 0 e. The van der Waals surface area contributed by atoms with Crippen LogP contribution in [0, 0.1) is 0 Å². The minimum atomic E-state index is -4.21. The fraction of sp³-hybridized carbons (Fsp3) is 1.00. The van der Waals surface area contributed by atoms with Crippen LogP contribution in [0.25, 0.3) is 0 Å². The first-order valence-electron chi connectivity index (χ1n) is 2.50. The van der Waals surface area contributed by atoms with Gasteiger partial charge in [0.15, 0.2) is 0 Å². The van der Waals surface area contributed by atoms with E-state index in [1.165, 1.54) is 0 Å². The minimum absolute atomic E-state index is 0. The van der Waals surface area contributed by atoms with Gasteiger partial charge in [-0.1, -0.05) is 0 Å². The molecule has 0 unspecified atom stereocenters. The van der Waals surface area contributed by atoms with Crippen LogP contribution in [0.3, 0.4) is 0 Å². The molecular weight excluding hydrogens is 1500 g/mol. The first-order chi connectivity index (χ1) is 4.71. The maximum atomic E-state index is 10.1. The molecule has 0 heterocycles. The third kappa shape index (κ3) is 77.0. The van der Waals surface area contributed by atoms with Gasteiger partial charge in [0, 0.05) is 54.6 Å². The molecule has 13 N–H and O–H groups in total. The van der Waals surface area contributed by atoms with Gasteiger partial charge >= 0.3 is 124 Å². The molecule has 0 aliphatic carbocycles. The summed E-state index contributed by atoms with van der Waals surface area (Å²) in [6, 6.07) is 0. The van der Waals surface area contributed by atoms with E-state index in [9.17, 15) is 9.13 Å². The molecule has 21 heavy (non-hydrogen) atoms. The summed E-state index contributed by atoms with van der Waals surface area (Å²) in [7, 11) is -8.41. The molecule has 0 aliphatic heterocycles. The topological polar surface area (TPSA) is 253 Å². The van der Waals surface area contributed by atoms with Gasteiger partial charge in [-0.3, -0.25) is 14.4 Å². The zero-order valence-corrected chi connectivity index (χ0v) is 38.2. The van der Waals surface area contributed by atoms with Gasteiger partial charge in [0.2, 0.25) is 0 Å². The predicted octanol–water partition coefficient (Wildman–Crippen LogP) is -7.81. The monoisotopic (exact) mass is 1530 g/mol. The smallest absolute Gasteiger partial charge is 0 e. The molecular formula is C2H21NO10P2Pb6. The Hall–Kier alpha value is 5.63. The first kappa shape index (κ1) is 71.6. The third-order valence-corrected chi connectivity index (χ3v) is 1.91. The number of hydrogen-bond acceptors (Lipinski definition) is 3. The van der Waals surface area contributed by atoms with Crippen LogP contribution in [0.2, 0.25) is 0 Å². The molecule has 0 spiro atoms. The number of rotatable bonds is 4. The molecule has 0 atom stereocenters. The summed E-state index contributed by atoms with van der Waals surface area (Å²) in [4.78, 5) is 32.8. The molecule has 0 saturated heterocycles.